The molecule has 1 nitrogen and oxygen atoms in total. The monoisotopic (exact) mass is 273 g/mol. The van der Waals surface area contributed by atoms with Gasteiger partial charge in [0.05, 0.1) is 9.90 Å². The fraction of sp³-hybridized carbons (Fsp3) is 0.111. The summed E-state index contributed by atoms with van der Waals surface area (Å²) in [5.74, 6) is 0. The van der Waals surface area contributed by atoms with Crippen molar-refractivity contribution in [2.45, 2.75) is 9.54 Å². The van der Waals surface area contributed by atoms with E-state index in [0.717, 1.165) is 20.6 Å². The lowest BCUT2D eigenvalue weighted by atomic mass is 10.2. The highest BCUT2D eigenvalue weighted by Gasteiger charge is 2.05. The molecule has 0 aliphatic carbocycles. The highest BCUT2D eigenvalue weighted by molar-refractivity contribution is 9.08. The van der Waals surface area contributed by atoms with Crippen LogP contribution in [0.2, 0.25) is 0 Å². The number of halogens is 1. The summed E-state index contributed by atoms with van der Waals surface area (Å²) >= 11 is 9.35. The largest absolute Gasteiger partial charge is 0.397 e. The minimum Gasteiger partial charge on any atom is -0.397 e. The van der Waals surface area contributed by atoms with Crippen LogP contribution in [0.15, 0.2) is 22.4 Å². The third kappa shape index (κ3) is 1.58. The molecule has 2 aromatic rings. The number of hydrogen-bond donors (Lipinski definition) is 2. The quantitative estimate of drug-likeness (QED) is 0.602. The van der Waals surface area contributed by atoms with Crippen LogP contribution < -0.4 is 5.73 Å². The lowest BCUT2D eigenvalue weighted by Crippen LogP contribution is -1.82. The van der Waals surface area contributed by atoms with Crippen LogP contribution in [-0.2, 0) is 5.33 Å². The molecule has 1 heterocycles. The molecule has 0 fully saturated rings. The van der Waals surface area contributed by atoms with Gasteiger partial charge < -0.3 is 5.73 Å². The molecule has 0 saturated carbocycles. The van der Waals surface area contributed by atoms with Crippen molar-refractivity contribution >= 4 is 55.7 Å². The minimum absolute atomic E-state index is 0.796. The Bertz CT molecular complexity index is 450. The molecule has 0 radical (unpaired) electrons. The van der Waals surface area contributed by atoms with Gasteiger partial charge in [-0.3, -0.25) is 0 Å². The summed E-state index contributed by atoms with van der Waals surface area (Å²) in [5.41, 5.74) is 7.91. The van der Waals surface area contributed by atoms with Gasteiger partial charge in [-0.25, -0.2) is 0 Å². The van der Waals surface area contributed by atoms with Gasteiger partial charge in [-0.15, -0.1) is 24.0 Å². The van der Waals surface area contributed by atoms with Gasteiger partial charge in [0.15, 0.2) is 0 Å². The Morgan fingerprint density at radius 1 is 1.46 bits per heavy atom. The summed E-state index contributed by atoms with van der Waals surface area (Å²) < 4.78 is 2.11. The summed E-state index contributed by atoms with van der Waals surface area (Å²) in [6, 6.07) is 6.27. The highest BCUT2D eigenvalue weighted by atomic mass is 79.9. The first-order valence-electron chi connectivity index (χ1n) is 3.78. The number of hydrogen-bond acceptors (Lipinski definition) is 3. The maximum atomic E-state index is 5.85. The first kappa shape index (κ1) is 9.37. The van der Waals surface area contributed by atoms with E-state index in [-0.39, 0.29) is 0 Å². The lowest BCUT2D eigenvalue weighted by Gasteiger charge is -1.95. The smallest absolute Gasteiger partial charge is 0.0811 e. The van der Waals surface area contributed by atoms with Crippen molar-refractivity contribution in [2.24, 2.45) is 0 Å². The molecular weight excluding hydrogens is 266 g/mol. The third-order valence-electron chi connectivity index (χ3n) is 1.93. The van der Waals surface area contributed by atoms with Crippen molar-refractivity contribution in [3.63, 3.8) is 0 Å². The number of thiophene rings is 1. The van der Waals surface area contributed by atoms with Crippen LogP contribution in [-0.4, -0.2) is 0 Å². The summed E-state index contributed by atoms with van der Waals surface area (Å²) in [6.07, 6.45) is 0. The summed E-state index contributed by atoms with van der Waals surface area (Å²) in [4.78, 5) is 0. The fourth-order valence-corrected chi connectivity index (χ4v) is 2.92. The maximum absolute atomic E-state index is 5.85. The van der Waals surface area contributed by atoms with Gasteiger partial charge in [0.25, 0.3) is 0 Å². The molecule has 0 bridgehead atoms. The number of rotatable bonds is 1. The van der Waals surface area contributed by atoms with Crippen LogP contribution >= 0.6 is 39.9 Å². The Morgan fingerprint density at radius 2 is 2.23 bits per heavy atom. The van der Waals surface area contributed by atoms with E-state index < -0.39 is 0 Å². The molecule has 4 heteroatoms. The zero-order valence-electron chi connectivity index (χ0n) is 6.75. The molecule has 2 N–H and O–H groups in total. The van der Waals surface area contributed by atoms with Crippen LogP contribution in [0.5, 0.6) is 0 Å². The molecule has 0 atom stereocenters. The van der Waals surface area contributed by atoms with Gasteiger partial charge in [-0.1, -0.05) is 28.1 Å². The van der Waals surface area contributed by atoms with Gasteiger partial charge in [-0.2, -0.15) is 0 Å². The molecule has 0 spiro atoms. The summed E-state index contributed by atoms with van der Waals surface area (Å²) in [7, 11) is 0. The topological polar surface area (TPSA) is 26.0 Å². The van der Waals surface area contributed by atoms with Crippen LogP contribution in [0.25, 0.3) is 10.1 Å². The Morgan fingerprint density at radius 3 is 2.92 bits per heavy atom. The van der Waals surface area contributed by atoms with Gasteiger partial charge in [0.1, 0.15) is 0 Å². The number of anilines is 1. The lowest BCUT2D eigenvalue weighted by molar-refractivity contribution is 1.47. The Kier molecular flexibility index (Phi) is 2.53. The zero-order valence-corrected chi connectivity index (χ0v) is 10.0. The van der Waals surface area contributed by atoms with Crippen LogP contribution in [0.1, 0.15) is 5.56 Å². The van der Waals surface area contributed by atoms with Crippen LogP contribution in [0.4, 0.5) is 5.69 Å². The second kappa shape index (κ2) is 3.52. The Labute approximate surface area is 94.5 Å². The van der Waals surface area contributed by atoms with Gasteiger partial charge in [-0.05, 0) is 11.6 Å². The van der Waals surface area contributed by atoms with Crippen LogP contribution in [0, 0.1) is 0 Å². The minimum atomic E-state index is 0.796. The number of thiol groups is 1. The number of nitrogen functional groups attached to an aromatic ring is 1. The standard InChI is InChI=1S/C9H8BrNS2/c10-4-5-1-2-6-7(3-5)13-9(12)8(6)11/h1-3,12H,4,11H2. The van der Waals surface area contributed by atoms with Gasteiger partial charge in [0, 0.05) is 15.4 Å². The van der Waals surface area contributed by atoms with Crippen molar-refractivity contribution in [3.8, 4) is 0 Å². The van der Waals surface area contributed by atoms with E-state index in [0.29, 0.717) is 0 Å². The molecule has 0 amide bonds. The predicted octanol–water partition coefficient (Wildman–Crippen LogP) is 3.67. The normalized spacial score (nSPS) is 10.9. The van der Waals surface area contributed by atoms with Crippen LogP contribution in [0.3, 0.4) is 0 Å². The number of fused-ring (bicyclic) bond motifs is 1. The van der Waals surface area contributed by atoms with E-state index in [1.807, 2.05) is 0 Å². The first-order chi connectivity index (χ1) is 6.22. The average molecular weight is 274 g/mol. The third-order valence-corrected chi connectivity index (χ3v) is 4.06. The molecule has 0 saturated heterocycles. The fourth-order valence-electron chi connectivity index (χ4n) is 1.23. The molecule has 0 aliphatic rings. The predicted molar refractivity (Wildman–Crippen MR) is 66.1 cm³/mol. The number of nitrogens with two attached hydrogens (primary N) is 1. The van der Waals surface area contributed by atoms with Crippen molar-refractivity contribution in [1.29, 1.82) is 0 Å². The van der Waals surface area contributed by atoms with Crippen molar-refractivity contribution in [2.75, 3.05) is 5.73 Å². The summed E-state index contributed by atoms with van der Waals surface area (Å²) in [5, 5.41) is 1.99. The molecule has 2 rings (SSSR count). The molecule has 13 heavy (non-hydrogen) atoms. The van der Waals surface area contributed by atoms with E-state index in [2.05, 4.69) is 46.8 Å². The Balaban J connectivity index is 2.73. The van der Waals surface area contributed by atoms with E-state index in [9.17, 15) is 0 Å². The van der Waals surface area contributed by atoms with Crippen molar-refractivity contribution in [3.05, 3.63) is 23.8 Å². The zero-order chi connectivity index (χ0) is 9.42. The Hall–Kier alpha value is -0.190. The van der Waals surface area contributed by atoms with E-state index >= 15 is 0 Å². The maximum Gasteiger partial charge on any atom is 0.0811 e. The first-order valence-corrected chi connectivity index (χ1v) is 6.16. The molecule has 1 aromatic heterocycles. The van der Waals surface area contributed by atoms with Crippen molar-refractivity contribution in [1.82, 2.24) is 0 Å². The molecule has 68 valence electrons. The van der Waals surface area contributed by atoms with E-state index in [1.54, 1.807) is 11.3 Å². The SMILES string of the molecule is Nc1c(S)sc2cc(CBr)ccc12. The van der Waals surface area contributed by atoms with Crippen molar-refractivity contribution < 1.29 is 0 Å². The second-order valence-electron chi connectivity index (χ2n) is 2.79. The highest BCUT2D eigenvalue weighted by Crippen LogP contribution is 2.36. The number of benzene rings is 1. The molecule has 1 aromatic carbocycles. The summed E-state index contributed by atoms with van der Waals surface area (Å²) in [6.45, 7) is 0. The van der Waals surface area contributed by atoms with Gasteiger partial charge >= 0.3 is 0 Å². The average Bonchev–Trinajstić information content (AvgIpc) is 2.42. The molecule has 0 aliphatic heterocycles. The molecular formula is C9H8BrNS2. The van der Waals surface area contributed by atoms with Gasteiger partial charge in [0.2, 0.25) is 0 Å². The second-order valence-corrected chi connectivity index (χ2v) is 5.15. The number of alkyl halides is 1. The molecule has 0 unspecified atom stereocenters. The van der Waals surface area contributed by atoms with E-state index in [1.165, 1.54) is 10.3 Å². The van der Waals surface area contributed by atoms with E-state index in [4.69, 9.17) is 5.73 Å².